The number of H-pyrrole nitrogens is 1. The van der Waals surface area contributed by atoms with Gasteiger partial charge in [0.05, 0.1) is 5.69 Å². The number of nitrogens with one attached hydrogen (secondary N) is 1. The molecule has 0 radical (unpaired) electrons. The lowest BCUT2D eigenvalue weighted by molar-refractivity contribution is 1.09. The third-order valence-corrected chi connectivity index (χ3v) is 1.76. The smallest absolute Gasteiger partial charge is 0.129 e. The molecule has 0 fully saturated rings. The van der Waals surface area contributed by atoms with Crippen molar-refractivity contribution in [2.24, 2.45) is 9.98 Å². The number of nitrogens with zero attached hydrogens (tertiary/aromatic N) is 2. The molecule has 2 heterocycles. The molecule has 0 amide bonds. The maximum Gasteiger partial charge on any atom is 0.129 e. The molecule has 0 bridgehead atoms. The first-order chi connectivity index (χ1) is 5.38. The Morgan fingerprint density at radius 1 is 1.36 bits per heavy atom. The Labute approximate surface area is 64.9 Å². The minimum Gasteiger partial charge on any atom is -0.360 e. The largest absolute Gasteiger partial charge is 0.360 e. The lowest BCUT2D eigenvalue weighted by Crippen LogP contribution is -1.86. The molecule has 0 spiro atoms. The third-order valence-electron chi connectivity index (χ3n) is 1.76. The van der Waals surface area contributed by atoms with Crippen molar-refractivity contribution in [2.75, 3.05) is 6.67 Å². The highest BCUT2D eigenvalue weighted by Crippen LogP contribution is 2.09. The zero-order valence-electron chi connectivity index (χ0n) is 6.33. The van der Waals surface area contributed by atoms with Crippen LogP contribution in [-0.2, 0) is 0 Å². The lowest BCUT2D eigenvalue weighted by Gasteiger charge is -1.88. The van der Waals surface area contributed by atoms with Gasteiger partial charge in [0, 0.05) is 24.2 Å². The Morgan fingerprint density at radius 2 is 2.18 bits per heavy atom. The van der Waals surface area contributed by atoms with Gasteiger partial charge in [-0.1, -0.05) is 0 Å². The zero-order chi connectivity index (χ0) is 7.68. The lowest BCUT2D eigenvalue weighted by atomic mass is 10.2. The molecule has 3 nitrogen and oxygen atoms in total. The van der Waals surface area contributed by atoms with Crippen molar-refractivity contribution in [3.8, 4) is 0 Å². The Hall–Kier alpha value is -1.38. The zero-order valence-corrected chi connectivity index (χ0v) is 6.33. The quantitative estimate of drug-likeness (QED) is 0.571. The molecular weight excluding hydrogens is 138 g/mol. The van der Waals surface area contributed by atoms with E-state index in [-0.39, 0.29) is 0 Å². The number of aryl methyl sites for hydroxylation is 1. The van der Waals surface area contributed by atoms with Gasteiger partial charge < -0.3 is 4.98 Å². The van der Waals surface area contributed by atoms with Crippen molar-refractivity contribution in [3.05, 3.63) is 23.0 Å². The average Bonchev–Trinajstić information content (AvgIpc) is 2.25. The Kier molecular flexibility index (Phi) is 1.35. The first kappa shape index (κ1) is 6.34. The van der Waals surface area contributed by atoms with Crippen LogP contribution in [-0.4, -0.2) is 24.1 Å². The van der Waals surface area contributed by atoms with E-state index in [9.17, 15) is 0 Å². The summed E-state index contributed by atoms with van der Waals surface area (Å²) in [6, 6.07) is 0. The predicted octanol–water partition coefficient (Wildman–Crippen LogP) is 1.13. The number of rotatable bonds is 0. The molecule has 0 atom stereocenters. The molecule has 0 aromatic carbocycles. The number of hydrogen-bond acceptors (Lipinski definition) is 2. The van der Waals surface area contributed by atoms with E-state index < -0.39 is 0 Å². The first-order valence-corrected chi connectivity index (χ1v) is 3.55. The van der Waals surface area contributed by atoms with Crippen molar-refractivity contribution in [3.63, 3.8) is 0 Å². The summed E-state index contributed by atoms with van der Waals surface area (Å²) >= 11 is 0. The molecule has 0 saturated heterocycles. The summed E-state index contributed by atoms with van der Waals surface area (Å²) in [4.78, 5) is 11.3. The average molecular weight is 147 g/mol. The maximum absolute atomic E-state index is 4.10. The SMILES string of the molecule is Cc1c[nH]c2c1C=NCN=C2. The van der Waals surface area contributed by atoms with Crippen molar-refractivity contribution >= 4 is 12.4 Å². The molecule has 2 rings (SSSR count). The van der Waals surface area contributed by atoms with E-state index >= 15 is 0 Å². The topological polar surface area (TPSA) is 40.5 Å². The molecule has 1 aliphatic heterocycles. The van der Waals surface area contributed by atoms with Gasteiger partial charge in [-0.25, -0.2) is 0 Å². The second kappa shape index (κ2) is 2.34. The summed E-state index contributed by atoms with van der Waals surface area (Å²) in [7, 11) is 0. The van der Waals surface area contributed by atoms with Crippen LogP contribution >= 0.6 is 0 Å². The fraction of sp³-hybridized carbons (Fsp3) is 0.250. The number of aliphatic imine (C=N–C) groups is 2. The van der Waals surface area contributed by atoms with E-state index in [0.29, 0.717) is 6.67 Å². The van der Waals surface area contributed by atoms with Crippen LogP contribution in [0, 0.1) is 6.92 Å². The number of fused-ring (bicyclic) bond motifs is 1. The normalized spacial score (nSPS) is 14.6. The van der Waals surface area contributed by atoms with Crippen LogP contribution in [0.5, 0.6) is 0 Å². The first-order valence-electron chi connectivity index (χ1n) is 3.55. The fourth-order valence-corrected chi connectivity index (χ4v) is 1.14. The monoisotopic (exact) mass is 147 g/mol. The van der Waals surface area contributed by atoms with Gasteiger partial charge >= 0.3 is 0 Å². The highest BCUT2D eigenvalue weighted by molar-refractivity contribution is 5.95. The molecule has 56 valence electrons. The number of hydrogen-bond donors (Lipinski definition) is 1. The minimum absolute atomic E-state index is 0.544. The van der Waals surface area contributed by atoms with Gasteiger partial charge in [0.25, 0.3) is 0 Å². The molecular formula is C8H9N3. The van der Waals surface area contributed by atoms with Gasteiger partial charge in [-0.2, -0.15) is 0 Å². The van der Waals surface area contributed by atoms with Gasteiger partial charge in [-0.15, -0.1) is 0 Å². The van der Waals surface area contributed by atoms with Crippen molar-refractivity contribution in [1.29, 1.82) is 0 Å². The molecule has 1 N–H and O–H groups in total. The van der Waals surface area contributed by atoms with Gasteiger partial charge in [0.2, 0.25) is 0 Å². The van der Waals surface area contributed by atoms with Crippen LogP contribution in [0.4, 0.5) is 0 Å². The van der Waals surface area contributed by atoms with Crippen LogP contribution < -0.4 is 0 Å². The van der Waals surface area contributed by atoms with Gasteiger partial charge in [0.15, 0.2) is 0 Å². The number of aromatic nitrogens is 1. The van der Waals surface area contributed by atoms with Crippen LogP contribution in [0.2, 0.25) is 0 Å². The molecule has 0 aliphatic carbocycles. The minimum atomic E-state index is 0.544. The molecule has 11 heavy (non-hydrogen) atoms. The van der Waals surface area contributed by atoms with Crippen molar-refractivity contribution < 1.29 is 0 Å². The van der Waals surface area contributed by atoms with E-state index in [1.165, 1.54) is 5.56 Å². The molecule has 3 heteroatoms. The molecule has 1 aromatic heterocycles. The molecule has 1 aromatic rings. The summed E-state index contributed by atoms with van der Waals surface area (Å²) in [5, 5.41) is 0. The summed E-state index contributed by atoms with van der Waals surface area (Å²) < 4.78 is 0. The standard InChI is InChI=1S/C8H9N3/c1-6-2-11-8-4-10-5-9-3-7(6)8/h2-4,11H,5H2,1H3. The Balaban J connectivity index is 2.60. The second-order valence-corrected chi connectivity index (χ2v) is 2.56. The van der Waals surface area contributed by atoms with Gasteiger partial charge in [-0.3, -0.25) is 9.98 Å². The Bertz CT molecular complexity index is 320. The van der Waals surface area contributed by atoms with E-state index in [2.05, 4.69) is 21.9 Å². The summed E-state index contributed by atoms with van der Waals surface area (Å²) in [5.41, 5.74) is 3.44. The van der Waals surface area contributed by atoms with Crippen molar-refractivity contribution in [1.82, 2.24) is 4.98 Å². The maximum atomic E-state index is 4.10. The summed E-state index contributed by atoms with van der Waals surface area (Å²) in [6.07, 6.45) is 5.66. The van der Waals surface area contributed by atoms with Crippen LogP contribution in [0.1, 0.15) is 16.8 Å². The molecule has 0 saturated carbocycles. The van der Waals surface area contributed by atoms with Gasteiger partial charge in [-0.05, 0) is 12.5 Å². The highest BCUT2D eigenvalue weighted by Gasteiger charge is 2.04. The third kappa shape index (κ3) is 0.981. The van der Waals surface area contributed by atoms with E-state index in [0.717, 1.165) is 11.3 Å². The number of aromatic amines is 1. The predicted molar refractivity (Wildman–Crippen MR) is 45.6 cm³/mol. The highest BCUT2D eigenvalue weighted by atomic mass is 14.9. The summed E-state index contributed by atoms with van der Waals surface area (Å²) in [5.74, 6) is 0. The Morgan fingerprint density at radius 3 is 3.09 bits per heavy atom. The van der Waals surface area contributed by atoms with E-state index in [1.807, 2.05) is 18.6 Å². The van der Waals surface area contributed by atoms with Crippen LogP contribution in [0.25, 0.3) is 0 Å². The summed E-state index contributed by atoms with van der Waals surface area (Å²) in [6.45, 7) is 2.60. The fourth-order valence-electron chi connectivity index (χ4n) is 1.14. The van der Waals surface area contributed by atoms with Gasteiger partial charge in [0.1, 0.15) is 6.67 Å². The second-order valence-electron chi connectivity index (χ2n) is 2.56. The van der Waals surface area contributed by atoms with E-state index in [4.69, 9.17) is 0 Å². The van der Waals surface area contributed by atoms with Crippen LogP contribution in [0.15, 0.2) is 16.2 Å². The van der Waals surface area contributed by atoms with Crippen molar-refractivity contribution in [2.45, 2.75) is 6.92 Å². The van der Waals surface area contributed by atoms with Crippen LogP contribution in [0.3, 0.4) is 0 Å². The molecule has 0 unspecified atom stereocenters. The molecule has 1 aliphatic rings. The van der Waals surface area contributed by atoms with E-state index in [1.54, 1.807) is 0 Å².